The highest BCUT2D eigenvalue weighted by atomic mass is 19.4. The number of carbonyl (C=O) groups is 1. The van der Waals surface area contributed by atoms with E-state index in [0.717, 1.165) is 12.2 Å². The van der Waals surface area contributed by atoms with Crippen molar-refractivity contribution in [2.24, 2.45) is 0 Å². The first-order valence-electron chi connectivity index (χ1n) is 6.24. The highest BCUT2D eigenvalue weighted by Gasteiger charge is 2.31. The van der Waals surface area contributed by atoms with Gasteiger partial charge in [0.1, 0.15) is 6.29 Å². The summed E-state index contributed by atoms with van der Waals surface area (Å²) in [5.41, 5.74) is 0.505. The van der Waals surface area contributed by atoms with Crippen LogP contribution in [0.25, 0.3) is 6.08 Å². The molecule has 21 heavy (non-hydrogen) atoms. The van der Waals surface area contributed by atoms with E-state index in [2.05, 4.69) is 0 Å². The number of hydrogen-bond donors (Lipinski definition) is 0. The Morgan fingerprint density at radius 1 is 1.05 bits per heavy atom. The van der Waals surface area contributed by atoms with E-state index in [4.69, 9.17) is 0 Å². The second-order valence-electron chi connectivity index (χ2n) is 4.27. The lowest BCUT2D eigenvalue weighted by atomic mass is 10.1. The van der Waals surface area contributed by atoms with E-state index in [-0.39, 0.29) is 0 Å². The van der Waals surface area contributed by atoms with Crippen LogP contribution in [0, 0.1) is 0 Å². The SMILES string of the molecule is CC(/C=C/C=C(\C=C\c1ccccc1)C(F)(F)F)=C\C=O. The molecule has 0 unspecified atom stereocenters. The molecule has 0 aromatic heterocycles. The van der Waals surface area contributed by atoms with Gasteiger partial charge < -0.3 is 0 Å². The van der Waals surface area contributed by atoms with Gasteiger partial charge in [0.05, 0.1) is 5.57 Å². The van der Waals surface area contributed by atoms with Crippen LogP contribution in [-0.4, -0.2) is 12.5 Å². The fraction of sp³-hybridized carbons (Fsp3) is 0.118. The van der Waals surface area contributed by atoms with Gasteiger partial charge in [-0.1, -0.05) is 54.6 Å². The van der Waals surface area contributed by atoms with Crippen molar-refractivity contribution in [3.8, 4) is 0 Å². The monoisotopic (exact) mass is 292 g/mol. The van der Waals surface area contributed by atoms with Crippen LogP contribution in [0.5, 0.6) is 0 Å². The molecular weight excluding hydrogens is 277 g/mol. The van der Waals surface area contributed by atoms with Crippen LogP contribution in [0.3, 0.4) is 0 Å². The van der Waals surface area contributed by atoms with Crippen molar-refractivity contribution in [3.05, 3.63) is 77.4 Å². The van der Waals surface area contributed by atoms with Gasteiger partial charge in [0.15, 0.2) is 0 Å². The zero-order valence-electron chi connectivity index (χ0n) is 11.5. The van der Waals surface area contributed by atoms with Crippen molar-refractivity contribution in [1.29, 1.82) is 0 Å². The summed E-state index contributed by atoms with van der Waals surface area (Å²) >= 11 is 0. The first-order valence-corrected chi connectivity index (χ1v) is 6.24. The fourth-order valence-electron chi connectivity index (χ4n) is 1.46. The second kappa shape index (κ2) is 8.04. The molecule has 1 rings (SSSR count). The number of halogens is 3. The van der Waals surface area contributed by atoms with Crippen molar-refractivity contribution in [1.82, 2.24) is 0 Å². The van der Waals surface area contributed by atoms with E-state index < -0.39 is 11.7 Å². The lowest BCUT2D eigenvalue weighted by Gasteiger charge is -2.06. The van der Waals surface area contributed by atoms with Crippen LogP contribution < -0.4 is 0 Å². The smallest absolute Gasteiger partial charge is 0.299 e. The van der Waals surface area contributed by atoms with Crippen LogP contribution in [-0.2, 0) is 4.79 Å². The third-order valence-corrected chi connectivity index (χ3v) is 2.55. The lowest BCUT2D eigenvalue weighted by Crippen LogP contribution is -2.09. The van der Waals surface area contributed by atoms with Crippen molar-refractivity contribution >= 4 is 12.4 Å². The minimum absolute atomic E-state index is 0.579. The molecule has 0 saturated heterocycles. The maximum atomic E-state index is 12.9. The first kappa shape index (κ1) is 16.7. The van der Waals surface area contributed by atoms with Crippen LogP contribution >= 0.6 is 0 Å². The predicted octanol–water partition coefficient (Wildman–Crippen LogP) is 4.89. The van der Waals surface area contributed by atoms with Gasteiger partial charge in [-0.2, -0.15) is 13.2 Å². The number of benzene rings is 1. The van der Waals surface area contributed by atoms with Gasteiger partial charge in [-0.25, -0.2) is 0 Å². The minimum atomic E-state index is -4.43. The number of alkyl halides is 3. The van der Waals surface area contributed by atoms with E-state index in [1.807, 2.05) is 0 Å². The Balaban J connectivity index is 2.94. The molecule has 0 aliphatic rings. The molecule has 1 nitrogen and oxygen atoms in total. The fourth-order valence-corrected chi connectivity index (χ4v) is 1.46. The third kappa shape index (κ3) is 6.56. The van der Waals surface area contributed by atoms with E-state index in [1.54, 1.807) is 37.3 Å². The van der Waals surface area contributed by atoms with Crippen molar-refractivity contribution in [2.45, 2.75) is 13.1 Å². The van der Waals surface area contributed by atoms with Gasteiger partial charge in [0.25, 0.3) is 0 Å². The van der Waals surface area contributed by atoms with Crippen LogP contribution in [0.4, 0.5) is 13.2 Å². The van der Waals surface area contributed by atoms with Crippen LogP contribution in [0.2, 0.25) is 0 Å². The molecule has 0 bridgehead atoms. The summed E-state index contributed by atoms with van der Waals surface area (Å²) in [7, 11) is 0. The molecule has 110 valence electrons. The Hall–Kier alpha value is -2.36. The molecule has 0 amide bonds. The average molecular weight is 292 g/mol. The zero-order valence-corrected chi connectivity index (χ0v) is 11.5. The van der Waals surface area contributed by atoms with E-state index >= 15 is 0 Å². The highest BCUT2D eigenvalue weighted by molar-refractivity contribution is 5.67. The van der Waals surface area contributed by atoms with Crippen LogP contribution in [0.1, 0.15) is 12.5 Å². The van der Waals surface area contributed by atoms with Crippen LogP contribution in [0.15, 0.2) is 71.9 Å². The summed E-state index contributed by atoms with van der Waals surface area (Å²) in [4.78, 5) is 10.2. The lowest BCUT2D eigenvalue weighted by molar-refractivity contribution is -0.104. The van der Waals surface area contributed by atoms with Crippen molar-refractivity contribution in [2.75, 3.05) is 0 Å². The summed E-state index contributed by atoms with van der Waals surface area (Å²) in [5.74, 6) is 0. The van der Waals surface area contributed by atoms with Gasteiger partial charge in [0, 0.05) is 0 Å². The summed E-state index contributed by atoms with van der Waals surface area (Å²) in [6, 6.07) is 8.74. The maximum absolute atomic E-state index is 12.9. The molecule has 1 aromatic rings. The Labute approximate surface area is 121 Å². The number of allylic oxidation sites excluding steroid dienone is 7. The summed E-state index contributed by atoms with van der Waals surface area (Å²) in [5, 5.41) is 0. The van der Waals surface area contributed by atoms with Gasteiger partial charge >= 0.3 is 6.18 Å². The number of aldehydes is 1. The Morgan fingerprint density at radius 2 is 1.71 bits per heavy atom. The summed E-state index contributed by atoms with van der Waals surface area (Å²) in [6.07, 6.45) is 3.55. The average Bonchev–Trinajstić information content (AvgIpc) is 2.42. The Bertz CT molecular complexity index is 576. The molecule has 0 aliphatic heterocycles. The molecule has 0 aliphatic carbocycles. The molecule has 0 atom stereocenters. The molecule has 0 heterocycles. The Morgan fingerprint density at radius 3 is 2.29 bits per heavy atom. The zero-order chi connectivity index (χ0) is 15.7. The molecule has 0 radical (unpaired) electrons. The first-order chi connectivity index (χ1) is 9.93. The molecule has 0 fully saturated rings. The third-order valence-electron chi connectivity index (χ3n) is 2.55. The van der Waals surface area contributed by atoms with E-state index in [1.165, 1.54) is 24.3 Å². The van der Waals surface area contributed by atoms with Gasteiger partial charge in [-0.15, -0.1) is 0 Å². The van der Waals surface area contributed by atoms with Gasteiger partial charge in [-0.05, 0) is 30.2 Å². The molecule has 1 aromatic carbocycles. The number of rotatable bonds is 5. The standard InChI is InChI=1S/C17H15F3O/c1-14(12-13-21)6-5-9-16(17(18,19)20)11-10-15-7-3-2-4-8-15/h2-13H,1H3/b6-5+,11-10+,14-12+,16-9+. The normalized spacial score (nSPS) is 14.1. The maximum Gasteiger partial charge on any atom is 0.416 e. The van der Waals surface area contributed by atoms with Gasteiger partial charge in [0.2, 0.25) is 0 Å². The summed E-state index contributed by atoms with van der Waals surface area (Å²) < 4.78 is 38.6. The van der Waals surface area contributed by atoms with Crippen molar-refractivity contribution in [3.63, 3.8) is 0 Å². The largest absolute Gasteiger partial charge is 0.416 e. The number of hydrogen-bond acceptors (Lipinski definition) is 1. The van der Waals surface area contributed by atoms with Crippen molar-refractivity contribution < 1.29 is 18.0 Å². The van der Waals surface area contributed by atoms with E-state index in [0.29, 0.717) is 17.4 Å². The quantitative estimate of drug-likeness (QED) is 0.429. The van der Waals surface area contributed by atoms with E-state index in [9.17, 15) is 18.0 Å². The Kier molecular flexibility index (Phi) is 6.40. The molecule has 0 spiro atoms. The topological polar surface area (TPSA) is 17.1 Å². The molecular formula is C17H15F3O. The number of carbonyl (C=O) groups excluding carboxylic acids is 1. The highest BCUT2D eigenvalue weighted by Crippen LogP contribution is 2.27. The predicted molar refractivity (Wildman–Crippen MR) is 78.6 cm³/mol. The molecule has 4 heteroatoms. The second-order valence-corrected chi connectivity index (χ2v) is 4.27. The molecule has 0 saturated carbocycles. The molecule has 0 N–H and O–H groups in total. The minimum Gasteiger partial charge on any atom is -0.299 e. The summed E-state index contributed by atoms with van der Waals surface area (Å²) in [6.45, 7) is 1.63. The van der Waals surface area contributed by atoms with Gasteiger partial charge in [-0.3, -0.25) is 4.79 Å².